The van der Waals surface area contributed by atoms with Crippen molar-refractivity contribution in [1.29, 1.82) is 0 Å². The molecule has 0 radical (unpaired) electrons. The first-order valence-electron chi connectivity index (χ1n) is 6.37. The van der Waals surface area contributed by atoms with Gasteiger partial charge in [-0.25, -0.2) is 9.78 Å². The van der Waals surface area contributed by atoms with E-state index in [1.165, 1.54) is 6.92 Å². The molecule has 0 atom stereocenters. The van der Waals surface area contributed by atoms with Crippen molar-refractivity contribution in [2.24, 2.45) is 0 Å². The summed E-state index contributed by atoms with van der Waals surface area (Å²) < 4.78 is 4.94. The van der Waals surface area contributed by atoms with Crippen LogP contribution in [0.25, 0.3) is 0 Å². The molecule has 0 saturated carbocycles. The maximum absolute atomic E-state index is 11.9. The van der Waals surface area contributed by atoms with Crippen LogP contribution in [0.2, 0.25) is 0 Å². The van der Waals surface area contributed by atoms with E-state index in [1.54, 1.807) is 37.3 Å². The fraction of sp³-hybridized carbons (Fsp3) is 0.286. The van der Waals surface area contributed by atoms with Gasteiger partial charge >= 0.3 is 5.97 Å². The third-order valence-corrected chi connectivity index (χ3v) is 3.96. The molecule has 2 heterocycles. The van der Waals surface area contributed by atoms with Gasteiger partial charge in [-0.2, -0.15) is 0 Å². The Labute approximate surface area is 126 Å². The van der Waals surface area contributed by atoms with Gasteiger partial charge in [-0.3, -0.25) is 9.78 Å². The Hall–Kier alpha value is -2.28. The summed E-state index contributed by atoms with van der Waals surface area (Å²) >= 11 is 1.16. The molecular formula is C14H15N3O3S. The molecule has 21 heavy (non-hydrogen) atoms. The predicted octanol–water partition coefficient (Wildman–Crippen LogP) is 2.69. The quantitative estimate of drug-likeness (QED) is 0.624. The third kappa shape index (κ3) is 3.25. The zero-order valence-corrected chi connectivity index (χ0v) is 12.8. The van der Waals surface area contributed by atoms with Gasteiger partial charge in [0, 0.05) is 20.2 Å². The highest BCUT2D eigenvalue weighted by Gasteiger charge is 2.24. The van der Waals surface area contributed by atoms with Crippen LogP contribution in [0, 0.1) is 0 Å². The fourth-order valence-corrected chi connectivity index (χ4v) is 2.62. The van der Waals surface area contributed by atoms with Crippen LogP contribution < -0.4 is 4.90 Å². The van der Waals surface area contributed by atoms with Crippen molar-refractivity contribution in [1.82, 2.24) is 9.97 Å². The molecule has 2 aromatic rings. The lowest BCUT2D eigenvalue weighted by Crippen LogP contribution is -2.11. The first-order valence-corrected chi connectivity index (χ1v) is 7.18. The number of nitrogens with zero attached hydrogens (tertiary/aromatic N) is 3. The number of Topliss-reactive ketones (excluding diaryl/α,β-unsaturated/α-hetero) is 1. The molecule has 7 heteroatoms. The highest BCUT2D eigenvalue weighted by Crippen LogP contribution is 2.30. The van der Waals surface area contributed by atoms with Crippen molar-refractivity contribution in [3.05, 3.63) is 35.1 Å². The summed E-state index contributed by atoms with van der Waals surface area (Å²) in [5.74, 6) is -0.786. The number of esters is 1. The molecular weight excluding hydrogens is 290 g/mol. The molecule has 0 aliphatic carbocycles. The van der Waals surface area contributed by atoms with Crippen molar-refractivity contribution in [3.8, 4) is 0 Å². The molecule has 0 amide bonds. The Morgan fingerprint density at radius 2 is 2.19 bits per heavy atom. The lowest BCUT2D eigenvalue weighted by Gasteiger charge is -2.14. The fourth-order valence-electron chi connectivity index (χ4n) is 1.69. The van der Waals surface area contributed by atoms with Gasteiger partial charge in [-0.15, -0.1) is 0 Å². The zero-order chi connectivity index (χ0) is 15.4. The standard InChI is InChI=1S/C14H15N3O3S/c1-4-20-13(19)11-12(9(2)18)21-14(16-11)17(3)10-6-5-7-15-8-10/h5-8H,4H2,1-3H3. The number of carbonyl (C=O) groups excluding carboxylic acids is 2. The van der Waals surface area contributed by atoms with Crippen molar-refractivity contribution in [2.45, 2.75) is 13.8 Å². The summed E-state index contributed by atoms with van der Waals surface area (Å²) in [7, 11) is 1.80. The topological polar surface area (TPSA) is 72.4 Å². The molecule has 0 unspecified atom stereocenters. The molecule has 0 saturated heterocycles. The molecule has 0 aliphatic heterocycles. The SMILES string of the molecule is CCOC(=O)c1nc(N(C)c2cccnc2)sc1C(C)=O. The van der Waals surface area contributed by atoms with E-state index < -0.39 is 5.97 Å². The monoisotopic (exact) mass is 305 g/mol. The summed E-state index contributed by atoms with van der Waals surface area (Å²) in [6, 6.07) is 3.67. The van der Waals surface area contributed by atoms with Gasteiger partial charge in [0.1, 0.15) is 4.88 Å². The Kier molecular flexibility index (Phi) is 4.64. The van der Waals surface area contributed by atoms with Gasteiger partial charge in [-0.1, -0.05) is 11.3 Å². The number of aromatic nitrogens is 2. The summed E-state index contributed by atoms with van der Waals surface area (Å²) in [4.78, 5) is 33.9. The van der Waals surface area contributed by atoms with Crippen LogP contribution in [0.5, 0.6) is 0 Å². The normalized spacial score (nSPS) is 10.2. The minimum Gasteiger partial charge on any atom is -0.461 e. The van der Waals surface area contributed by atoms with Crippen molar-refractivity contribution < 1.29 is 14.3 Å². The largest absolute Gasteiger partial charge is 0.461 e. The minimum absolute atomic E-state index is 0.0695. The Bertz CT molecular complexity index is 655. The van der Waals surface area contributed by atoms with E-state index in [9.17, 15) is 9.59 Å². The van der Waals surface area contributed by atoms with E-state index in [0.29, 0.717) is 10.0 Å². The van der Waals surface area contributed by atoms with E-state index >= 15 is 0 Å². The van der Waals surface area contributed by atoms with Crippen LogP contribution in [0.15, 0.2) is 24.5 Å². The van der Waals surface area contributed by atoms with Crippen LogP contribution in [-0.2, 0) is 4.74 Å². The van der Waals surface area contributed by atoms with Crippen molar-refractivity contribution in [2.75, 3.05) is 18.6 Å². The summed E-state index contributed by atoms with van der Waals surface area (Å²) in [5.41, 5.74) is 0.886. The number of anilines is 2. The molecule has 0 spiro atoms. The van der Waals surface area contributed by atoms with E-state index in [-0.39, 0.29) is 18.1 Å². The second-order valence-corrected chi connectivity index (χ2v) is 5.20. The minimum atomic E-state index is -0.579. The Balaban J connectivity index is 2.40. The number of ketones is 1. The van der Waals surface area contributed by atoms with Crippen molar-refractivity contribution in [3.63, 3.8) is 0 Å². The number of pyridine rings is 1. The van der Waals surface area contributed by atoms with E-state index in [0.717, 1.165) is 17.0 Å². The van der Waals surface area contributed by atoms with E-state index in [4.69, 9.17) is 4.74 Å². The van der Waals surface area contributed by atoms with Gasteiger partial charge < -0.3 is 9.64 Å². The zero-order valence-electron chi connectivity index (χ0n) is 12.0. The van der Waals surface area contributed by atoms with Gasteiger partial charge in [0.15, 0.2) is 16.6 Å². The first kappa shape index (κ1) is 15.1. The number of hydrogen-bond donors (Lipinski definition) is 0. The lowest BCUT2D eigenvalue weighted by molar-refractivity contribution is 0.0517. The number of rotatable bonds is 5. The lowest BCUT2D eigenvalue weighted by atomic mass is 10.3. The predicted molar refractivity (Wildman–Crippen MR) is 80.4 cm³/mol. The molecule has 0 aromatic carbocycles. The van der Waals surface area contributed by atoms with Crippen LogP contribution >= 0.6 is 11.3 Å². The molecule has 0 fully saturated rings. The summed E-state index contributed by atoms with van der Waals surface area (Å²) in [6.07, 6.45) is 3.35. The summed E-state index contributed by atoms with van der Waals surface area (Å²) in [5, 5.41) is 0.538. The molecule has 6 nitrogen and oxygen atoms in total. The Morgan fingerprint density at radius 3 is 2.76 bits per heavy atom. The molecule has 0 bridgehead atoms. The smallest absolute Gasteiger partial charge is 0.358 e. The second-order valence-electron chi connectivity index (χ2n) is 4.22. The number of thiazole rings is 1. The molecule has 0 aliphatic rings. The van der Waals surface area contributed by atoms with Crippen molar-refractivity contribution >= 4 is 33.9 Å². The maximum atomic E-state index is 11.9. The van der Waals surface area contributed by atoms with Gasteiger partial charge in [-0.05, 0) is 19.1 Å². The van der Waals surface area contributed by atoms with Crippen LogP contribution in [0.1, 0.15) is 34.0 Å². The number of ether oxygens (including phenoxy) is 1. The van der Waals surface area contributed by atoms with Crippen LogP contribution in [0.3, 0.4) is 0 Å². The highest BCUT2D eigenvalue weighted by atomic mass is 32.1. The third-order valence-electron chi connectivity index (χ3n) is 2.72. The molecule has 0 N–H and O–H groups in total. The molecule has 2 aromatic heterocycles. The van der Waals surface area contributed by atoms with Gasteiger partial charge in [0.2, 0.25) is 0 Å². The average molecular weight is 305 g/mol. The maximum Gasteiger partial charge on any atom is 0.358 e. The summed E-state index contributed by atoms with van der Waals surface area (Å²) in [6.45, 7) is 3.35. The van der Waals surface area contributed by atoms with Gasteiger partial charge in [0.25, 0.3) is 0 Å². The highest BCUT2D eigenvalue weighted by molar-refractivity contribution is 7.17. The first-order chi connectivity index (χ1) is 10.0. The van der Waals surface area contributed by atoms with E-state index in [1.807, 2.05) is 6.07 Å². The van der Waals surface area contributed by atoms with Crippen LogP contribution in [-0.4, -0.2) is 35.4 Å². The average Bonchev–Trinajstić information content (AvgIpc) is 2.93. The van der Waals surface area contributed by atoms with Crippen LogP contribution in [0.4, 0.5) is 10.8 Å². The molecule has 110 valence electrons. The molecule has 2 rings (SSSR count). The van der Waals surface area contributed by atoms with Gasteiger partial charge in [0.05, 0.1) is 18.5 Å². The number of hydrogen-bond acceptors (Lipinski definition) is 7. The Morgan fingerprint density at radius 1 is 1.43 bits per heavy atom. The van der Waals surface area contributed by atoms with E-state index in [2.05, 4.69) is 9.97 Å². The number of carbonyl (C=O) groups is 2. The second kappa shape index (κ2) is 6.45.